The molecule has 0 spiro atoms. The van der Waals surface area contributed by atoms with E-state index in [-0.39, 0.29) is 42.6 Å². The van der Waals surface area contributed by atoms with Crippen LogP contribution in [0.4, 0.5) is 0 Å². The van der Waals surface area contributed by atoms with Crippen LogP contribution in [0.2, 0.25) is 0 Å². The first-order valence-corrected chi connectivity index (χ1v) is 4.61. The van der Waals surface area contributed by atoms with Crippen LogP contribution in [0.3, 0.4) is 0 Å². The fourth-order valence-corrected chi connectivity index (χ4v) is 0.696. The summed E-state index contributed by atoms with van der Waals surface area (Å²) in [6.45, 7) is -1.60. The summed E-state index contributed by atoms with van der Waals surface area (Å²) in [6, 6.07) is 0. The van der Waals surface area contributed by atoms with Crippen LogP contribution in [0, 0.1) is 0 Å². The van der Waals surface area contributed by atoms with Crippen molar-refractivity contribution < 1.29 is 54.2 Å². The summed E-state index contributed by atoms with van der Waals surface area (Å²) in [5.74, 6) is -3.08. The fraction of sp³-hybridized carbons (Fsp3) is 0.500. The molecule has 0 aliphatic rings. The van der Waals surface area contributed by atoms with Gasteiger partial charge in [-0.2, -0.15) is 0 Å². The summed E-state index contributed by atoms with van der Waals surface area (Å²) in [6.07, 6.45) is 0. The Kier molecular flexibility index (Phi) is 11.7. The first-order chi connectivity index (χ1) is 7.95. The molecule has 0 saturated carbocycles. The Labute approximate surface area is 125 Å². The zero-order chi connectivity index (χ0) is 13.3. The van der Waals surface area contributed by atoms with Gasteiger partial charge in [-0.1, -0.05) is 0 Å². The second-order valence-corrected chi connectivity index (χ2v) is 2.86. The Morgan fingerprint density at radius 2 is 1.72 bits per heavy atom. The maximum atomic E-state index is 11.0. The number of carbonyl (C=O) groups is 3. The third-order valence-electron chi connectivity index (χ3n) is 1.46. The monoisotopic (exact) mass is 268 g/mol. The molecule has 9 nitrogen and oxygen atoms in total. The molecular weight excluding hydrogens is 255 g/mol. The van der Waals surface area contributed by atoms with Gasteiger partial charge in [0, 0.05) is 6.54 Å². The van der Waals surface area contributed by atoms with Crippen LogP contribution in [0.5, 0.6) is 0 Å². The van der Waals surface area contributed by atoms with Crippen molar-refractivity contribution in [1.29, 1.82) is 0 Å². The van der Waals surface area contributed by atoms with E-state index in [1.54, 1.807) is 0 Å². The minimum absolute atomic E-state index is 0. The van der Waals surface area contributed by atoms with Crippen molar-refractivity contribution in [2.24, 2.45) is 10.7 Å². The Hall–Kier alpha value is -1.16. The van der Waals surface area contributed by atoms with E-state index in [4.69, 9.17) is 10.8 Å². The predicted octanol–water partition coefficient (Wildman–Crippen LogP) is -6.98. The summed E-state index contributed by atoms with van der Waals surface area (Å²) in [5.41, 5.74) is 4.95. The Morgan fingerprint density at radius 1 is 1.17 bits per heavy atom. The van der Waals surface area contributed by atoms with Crippen molar-refractivity contribution in [2.75, 3.05) is 26.2 Å². The topological polar surface area (TPSA) is 157 Å². The summed E-state index contributed by atoms with van der Waals surface area (Å²) < 4.78 is 0. The van der Waals surface area contributed by atoms with Crippen LogP contribution in [0.1, 0.15) is 0 Å². The molecule has 96 valence electrons. The SMILES string of the molecule is NCC([O-])=NCC(=O)NCC(=O)NCC(=O)O.[Na+]. The molecule has 0 bridgehead atoms. The number of carboxylic acids is 1. The minimum Gasteiger partial charge on any atom is -0.861 e. The van der Waals surface area contributed by atoms with Gasteiger partial charge in [0.05, 0.1) is 6.54 Å². The second-order valence-electron chi connectivity index (χ2n) is 2.86. The van der Waals surface area contributed by atoms with Gasteiger partial charge in [-0.3, -0.25) is 19.4 Å². The van der Waals surface area contributed by atoms with Gasteiger partial charge < -0.3 is 26.6 Å². The number of nitrogens with zero attached hydrogens (tertiary/aromatic N) is 1. The van der Waals surface area contributed by atoms with E-state index in [0.29, 0.717) is 0 Å². The molecule has 18 heavy (non-hydrogen) atoms. The Balaban J connectivity index is 0. The summed E-state index contributed by atoms with van der Waals surface area (Å²) in [7, 11) is 0. The normalized spacial score (nSPS) is 10.2. The van der Waals surface area contributed by atoms with Gasteiger partial charge in [0.25, 0.3) is 0 Å². The maximum absolute atomic E-state index is 11.0. The van der Waals surface area contributed by atoms with Crippen molar-refractivity contribution >= 4 is 23.7 Å². The number of nitrogens with two attached hydrogens (primary N) is 1. The standard InChI is InChI=1S/C8H14N4O5.Na/c9-1-5(13)10-2-6(14)11-3-7(15)12-4-8(16)17;/h1-4,9H2,(H,10,13)(H,11,14)(H,12,15)(H,16,17);/q;+1/p-1. The van der Waals surface area contributed by atoms with E-state index in [9.17, 15) is 19.5 Å². The average molecular weight is 268 g/mol. The molecule has 0 rings (SSSR count). The molecule has 0 fully saturated rings. The molecular formula is C8H13N4NaO5. The van der Waals surface area contributed by atoms with E-state index in [1.165, 1.54) is 0 Å². The minimum atomic E-state index is -1.19. The number of hydrogen-bond donors (Lipinski definition) is 4. The zero-order valence-electron chi connectivity index (χ0n) is 9.93. The van der Waals surface area contributed by atoms with E-state index in [2.05, 4.69) is 10.3 Å². The smallest absolute Gasteiger partial charge is 0.861 e. The number of hydrogen-bond acceptors (Lipinski definition) is 6. The number of amides is 2. The van der Waals surface area contributed by atoms with E-state index >= 15 is 0 Å². The van der Waals surface area contributed by atoms with E-state index in [1.807, 2.05) is 5.32 Å². The Morgan fingerprint density at radius 3 is 2.22 bits per heavy atom. The van der Waals surface area contributed by atoms with Crippen LogP contribution in [-0.2, 0) is 14.4 Å². The molecule has 10 heteroatoms. The van der Waals surface area contributed by atoms with Gasteiger partial charge in [0.15, 0.2) is 0 Å². The molecule has 0 aliphatic carbocycles. The summed E-state index contributed by atoms with van der Waals surface area (Å²) in [4.78, 5) is 35.3. The van der Waals surface area contributed by atoms with Crippen molar-refractivity contribution in [2.45, 2.75) is 0 Å². The molecule has 0 saturated heterocycles. The van der Waals surface area contributed by atoms with Gasteiger partial charge in [-0.15, -0.1) is 0 Å². The van der Waals surface area contributed by atoms with Gasteiger partial charge >= 0.3 is 35.5 Å². The van der Waals surface area contributed by atoms with Crippen LogP contribution in [0.25, 0.3) is 0 Å². The van der Waals surface area contributed by atoms with Crippen LogP contribution >= 0.6 is 0 Å². The summed E-state index contributed by atoms with van der Waals surface area (Å²) in [5, 5.41) is 23.1. The van der Waals surface area contributed by atoms with Crippen molar-refractivity contribution in [3.63, 3.8) is 0 Å². The van der Waals surface area contributed by atoms with E-state index < -0.39 is 36.8 Å². The number of rotatable bonds is 7. The van der Waals surface area contributed by atoms with Gasteiger partial charge in [0.2, 0.25) is 11.8 Å². The molecule has 0 aromatic rings. The van der Waals surface area contributed by atoms with E-state index in [0.717, 1.165) is 0 Å². The molecule has 0 atom stereocenters. The molecule has 0 aliphatic heterocycles. The molecule has 0 heterocycles. The average Bonchev–Trinajstić information content (AvgIpc) is 2.30. The third-order valence-corrected chi connectivity index (χ3v) is 1.46. The third kappa shape index (κ3) is 11.3. The van der Waals surface area contributed by atoms with Gasteiger partial charge in [-0.05, 0) is 5.90 Å². The first kappa shape index (κ1) is 19.2. The quantitative estimate of drug-likeness (QED) is 0.204. The first-order valence-electron chi connectivity index (χ1n) is 4.61. The van der Waals surface area contributed by atoms with Gasteiger partial charge in [-0.25, -0.2) is 0 Å². The van der Waals surface area contributed by atoms with Crippen LogP contribution in [0.15, 0.2) is 4.99 Å². The number of aliphatic carboxylic acids is 1. The molecule has 0 aromatic heterocycles. The molecule has 0 unspecified atom stereocenters. The number of carboxylic acid groups (broad SMARTS) is 1. The van der Waals surface area contributed by atoms with Crippen LogP contribution < -0.4 is 51.0 Å². The van der Waals surface area contributed by atoms with Crippen LogP contribution in [-0.4, -0.2) is 55.0 Å². The van der Waals surface area contributed by atoms with Crippen molar-refractivity contribution in [3.8, 4) is 0 Å². The second kappa shape index (κ2) is 11.0. The number of nitrogens with one attached hydrogen (secondary N) is 2. The Bertz CT molecular complexity index is 333. The predicted molar refractivity (Wildman–Crippen MR) is 55.0 cm³/mol. The van der Waals surface area contributed by atoms with Crippen molar-refractivity contribution in [3.05, 3.63) is 0 Å². The molecule has 5 N–H and O–H groups in total. The fourth-order valence-electron chi connectivity index (χ4n) is 0.696. The molecule has 0 radical (unpaired) electrons. The summed E-state index contributed by atoms with van der Waals surface area (Å²) >= 11 is 0. The molecule has 0 aromatic carbocycles. The van der Waals surface area contributed by atoms with Crippen molar-refractivity contribution in [1.82, 2.24) is 10.6 Å². The maximum Gasteiger partial charge on any atom is 1.00 e. The number of carbonyl (C=O) groups excluding carboxylic acids is 2. The molecule has 2 amide bonds. The largest absolute Gasteiger partial charge is 1.00 e. The van der Waals surface area contributed by atoms with Gasteiger partial charge in [0.1, 0.15) is 13.1 Å². The number of aliphatic imine (C=N–C) groups is 1. The zero-order valence-corrected chi connectivity index (χ0v) is 11.9.